The smallest absolute Gasteiger partial charge is 0.347 e. The van der Waals surface area contributed by atoms with Gasteiger partial charge in [0.2, 0.25) is 13.4 Å². The van der Waals surface area contributed by atoms with Crippen LogP contribution in [0.2, 0.25) is 0 Å². The number of anilines is 1. The van der Waals surface area contributed by atoms with Gasteiger partial charge in [-0.3, -0.25) is 4.79 Å². The van der Waals surface area contributed by atoms with Gasteiger partial charge in [-0.25, -0.2) is 9.59 Å². The van der Waals surface area contributed by atoms with E-state index < -0.39 is 31.1 Å². The first-order valence-electron chi connectivity index (χ1n) is 10.6. The van der Waals surface area contributed by atoms with Crippen LogP contribution in [0.25, 0.3) is 0 Å². The molecule has 0 aliphatic carbocycles. The zero-order valence-electron chi connectivity index (χ0n) is 19.4. The van der Waals surface area contributed by atoms with Gasteiger partial charge in [0.05, 0.1) is 17.9 Å². The van der Waals surface area contributed by atoms with E-state index in [4.69, 9.17) is 23.8 Å². The van der Waals surface area contributed by atoms with Crippen molar-refractivity contribution < 1.29 is 38.2 Å². The van der Waals surface area contributed by atoms with Crippen LogP contribution in [0, 0.1) is 6.92 Å². The predicted octanol–water partition coefficient (Wildman–Crippen LogP) is 3.45. The quantitative estimate of drug-likeness (QED) is 0.305. The number of esters is 2. The molecule has 0 fully saturated rings. The van der Waals surface area contributed by atoms with Crippen LogP contribution in [0.1, 0.15) is 47.1 Å². The van der Waals surface area contributed by atoms with E-state index in [0.717, 1.165) is 16.0 Å². The van der Waals surface area contributed by atoms with E-state index in [1.165, 1.54) is 11.3 Å². The van der Waals surface area contributed by atoms with Crippen molar-refractivity contribution in [3.05, 3.63) is 39.8 Å². The molecule has 1 aromatic carbocycles. The number of nitrogens with zero attached hydrogens (tertiary/aromatic N) is 1. The van der Waals surface area contributed by atoms with Crippen molar-refractivity contribution in [3.63, 3.8) is 0 Å². The molecule has 1 aliphatic heterocycles. The Morgan fingerprint density at radius 3 is 2.62 bits per heavy atom. The van der Waals surface area contributed by atoms with Gasteiger partial charge in [-0.15, -0.1) is 11.3 Å². The molecule has 0 spiro atoms. The molecule has 0 saturated carbocycles. The number of carbonyl (C=O) groups excluding carboxylic acids is 3. The highest BCUT2D eigenvalue weighted by atomic mass is 32.1. The molecule has 182 valence electrons. The van der Waals surface area contributed by atoms with Crippen molar-refractivity contribution >= 4 is 39.9 Å². The Kier molecular flexibility index (Phi) is 8.47. The highest BCUT2D eigenvalue weighted by Crippen LogP contribution is 2.34. The fourth-order valence-electron chi connectivity index (χ4n) is 3.14. The van der Waals surface area contributed by atoms with Crippen LogP contribution in [0.4, 0.5) is 5.00 Å². The number of nitrogens with one attached hydrogen (secondary N) is 1. The number of carbonyl (C=O) groups is 3. The second kappa shape index (κ2) is 11.5. The maximum atomic E-state index is 12.3. The molecule has 1 amide bonds. The second-order valence-electron chi connectivity index (χ2n) is 7.16. The van der Waals surface area contributed by atoms with Crippen molar-refractivity contribution in [2.45, 2.75) is 34.1 Å². The van der Waals surface area contributed by atoms with Crippen molar-refractivity contribution in [1.29, 1.82) is 0 Å². The highest BCUT2D eigenvalue weighted by Gasteiger charge is 2.23. The fraction of sp³-hybridized carbons (Fsp3) is 0.391. The van der Waals surface area contributed by atoms with E-state index >= 15 is 0 Å². The van der Waals surface area contributed by atoms with E-state index in [9.17, 15) is 14.4 Å². The Hall–Kier alpha value is -3.60. The molecule has 3 rings (SSSR count). The molecular weight excluding hydrogens is 464 g/mol. The summed E-state index contributed by atoms with van der Waals surface area (Å²) in [6.07, 6.45) is 0.706. The lowest BCUT2D eigenvalue weighted by Gasteiger charge is -2.08. The standard InChI is InChI=1S/C23H26N2O8S/c1-5-18-13(3)21(23(28)29-6-2)22(34-18)24-19(26)10-30-20(27)11-33-25-14(4)15-7-8-16-17(9-15)32-12-31-16/h7-9H,5-6,10-12H2,1-4H3,(H,24,26)/b25-14+. The summed E-state index contributed by atoms with van der Waals surface area (Å²) in [5.41, 5.74) is 2.35. The zero-order chi connectivity index (χ0) is 24.7. The summed E-state index contributed by atoms with van der Waals surface area (Å²) >= 11 is 1.29. The van der Waals surface area contributed by atoms with E-state index in [0.29, 0.717) is 34.2 Å². The Bertz CT molecular complexity index is 1110. The number of ether oxygens (including phenoxy) is 4. The van der Waals surface area contributed by atoms with Gasteiger partial charge in [-0.2, -0.15) is 0 Å². The molecule has 1 aromatic heterocycles. The number of aryl methyl sites for hydroxylation is 1. The topological polar surface area (TPSA) is 122 Å². The molecule has 0 saturated heterocycles. The van der Waals surface area contributed by atoms with Crippen molar-refractivity contribution in [3.8, 4) is 11.5 Å². The third kappa shape index (κ3) is 6.04. The summed E-state index contributed by atoms with van der Waals surface area (Å²) in [6.45, 7) is 6.57. The minimum absolute atomic E-state index is 0.168. The summed E-state index contributed by atoms with van der Waals surface area (Å²) < 4.78 is 20.6. The van der Waals surface area contributed by atoms with Gasteiger partial charge in [0.25, 0.3) is 5.91 Å². The van der Waals surface area contributed by atoms with E-state index in [1.54, 1.807) is 39.0 Å². The molecule has 0 unspecified atom stereocenters. The molecule has 34 heavy (non-hydrogen) atoms. The van der Waals surface area contributed by atoms with Gasteiger partial charge in [0.1, 0.15) is 5.00 Å². The van der Waals surface area contributed by atoms with Gasteiger partial charge >= 0.3 is 11.9 Å². The number of oxime groups is 1. The molecular formula is C23H26N2O8S. The Labute approximate surface area is 200 Å². The van der Waals surface area contributed by atoms with E-state index in [1.807, 2.05) is 6.92 Å². The van der Waals surface area contributed by atoms with Crippen LogP contribution in [-0.4, -0.2) is 50.2 Å². The average Bonchev–Trinajstić information content (AvgIpc) is 3.41. The molecule has 11 heteroatoms. The second-order valence-corrected chi connectivity index (χ2v) is 8.26. The van der Waals surface area contributed by atoms with Crippen LogP contribution >= 0.6 is 11.3 Å². The number of benzene rings is 1. The molecule has 1 aliphatic rings. The SMILES string of the molecule is CCOC(=O)c1c(NC(=O)COC(=O)CO/N=C(\C)c2ccc3c(c2)OCO3)sc(CC)c1C. The first-order chi connectivity index (χ1) is 16.3. The van der Waals surface area contributed by atoms with E-state index in [2.05, 4.69) is 10.5 Å². The van der Waals surface area contributed by atoms with Crippen LogP contribution in [0.3, 0.4) is 0 Å². The lowest BCUT2D eigenvalue weighted by molar-refractivity contribution is -0.151. The van der Waals surface area contributed by atoms with Gasteiger partial charge in [-0.1, -0.05) is 12.1 Å². The number of amides is 1. The first kappa shape index (κ1) is 25.0. The zero-order valence-corrected chi connectivity index (χ0v) is 20.2. The van der Waals surface area contributed by atoms with Gasteiger partial charge in [0, 0.05) is 10.4 Å². The maximum Gasteiger partial charge on any atom is 0.347 e. The first-order valence-corrected chi connectivity index (χ1v) is 11.5. The average molecular weight is 491 g/mol. The third-order valence-corrected chi connectivity index (χ3v) is 6.19. The lowest BCUT2D eigenvalue weighted by atomic mass is 10.1. The van der Waals surface area contributed by atoms with Crippen molar-refractivity contribution in [2.75, 3.05) is 31.9 Å². The molecule has 10 nitrogen and oxygen atoms in total. The summed E-state index contributed by atoms with van der Waals surface area (Å²) in [4.78, 5) is 42.5. The van der Waals surface area contributed by atoms with Crippen LogP contribution in [0.15, 0.2) is 23.4 Å². The largest absolute Gasteiger partial charge is 0.462 e. The number of thiophene rings is 1. The Morgan fingerprint density at radius 1 is 1.12 bits per heavy atom. The Balaban J connectivity index is 1.49. The van der Waals surface area contributed by atoms with Gasteiger partial charge in [0.15, 0.2) is 18.1 Å². The highest BCUT2D eigenvalue weighted by molar-refractivity contribution is 7.17. The summed E-state index contributed by atoms with van der Waals surface area (Å²) in [5, 5.41) is 6.89. The number of rotatable bonds is 10. The molecule has 2 aromatic rings. The fourth-order valence-corrected chi connectivity index (χ4v) is 4.29. The normalized spacial score (nSPS) is 12.3. The maximum absolute atomic E-state index is 12.3. The number of hydrogen-bond acceptors (Lipinski definition) is 10. The predicted molar refractivity (Wildman–Crippen MR) is 125 cm³/mol. The molecule has 1 N–H and O–H groups in total. The minimum Gasteiger partial charge on any atom is -0.462 e. The summed E-state index contributed by atoms with van der Waals surface area (Å²) in [5.74, 6) is -0.595. The van der Waals surface area contributed by atoms with Crippen molar-refractivity contribution in [1.82, 2.24) is 0 Å². The minimum atomic E-state index is -0.764. The number of fused-ring (bicyclic) bond motifs is 1. The van der Waals surface area contributed by atoms with Crippen molar-refractivity contribution in [2.24, 2.45) is 5.16 Å². The lowest BCUT2D eigenvalue weighted by Crippen LogP contribution is -2.23. The van der Waals surface area contributed by atoms with Crippen LogP contribution in [-0.2, 0) is 30.3 Å². The van der Waals surface area contributed by atoms with Crippen LogP contribution in [0.5, 0.6) is 11.5 Å². The molecule has 2 heterocycles. The molecule has 0 bridgehead atoms. The van der Waals surface area contributed by atoms with E-state index in [-0.39, 0.29) is 13.4 Å². The molecule has 0 atom stereocenters. The summed E-state index contributed by atoms with van der Waals surface area (Å²) in [6, 6.07) is 5.31. The van der Waals surface area contributed by atoms with Gasteiger partial charge in [-0.05, 0) is 51.0 Å². The van der Waals surface area contributed by atoms with Crippen LogP contribution < -0.4 is 14.8 Å². The monoisotopic (exact) mass is 490 g/mol. The summed E-state index contributed by atoms with van der Waals surface area (Å²) in [7, 11) is 0. The molecule has 0 radical (unpaired) electrons. The number of hydrogen-bond donors (Lipinski definition) is 1. The third-order valence-electron chi connectivity index (χ3n) is 4.84. The Morgan fingerprint density at radius 2 is 1.88 bits per heavy atom. The van der Waals surface area contributed by atoms with Gasteiger partial charge < -0.3 is 29.1 Å².